The van der Waals surface area contributed by atoms with Gasteiger partial charge in [0.05, 0.1) is 5.52 Å². The summed E-state index contributed by atoms with van der Waals surface area (Å²) in [5.41, 5.74) is 2.53. The number of hydrogen-bond donors (Lipinski definition) is 1. The highest BCUT2D eigenvalue weighted by Crippen LogP contribution is 2.41. The lowest BCUT2D eigenvalue weighted by Crippen LogP contribution is -2.32. The van der Waals surface area contributed by atoms with E-state index in [9.17, 15) is 0 Å². The number of nitrogens with one attached hydrogen (secondary N) is 1. The molecule has 0 bridgehead atoms. The molecule has 0 aliphatic heterocycles. The van der Waals surface area contributed by atoms with Crippen LogP contribution in [0.1, 0.15) is 50.6 Å². The van der Waals surface area contributed by atoms with E-state index in [2.05, 4.69) is 54.6 Å². The van der Waals surface area contributed by atoms with Crippen LogP contribution in [-0.2, 0) is 0 Å². The van der Waals surface area contributed by atoms with Crippen molar-refractivity contribution in [2.45, 2.75) is 45.1 Å². The largest absolute Gasteiger partial charge is 0.313 e. The summed E-state index contributed by atoms with van der Waals surface area (Å²) < 4.78 is 0. The van der Waals surface area contributed by atoms with Gasteiger partial charge in [0.1, 0.15) is 0 Å². The standard InChI is InChI=1S/C19H26N2/c1-3-14-8-4-5-9-15(14)19(20-2)17-10-6-12-18-16(17)11-7-13-21-18/h6-7,10-15,19-20H,3-5,8-9H2,1-2H3. The summed E-state index contributed by atoms with van der Waals surface area (Å²) in [7, 11) is 2.11. The van der Waals surface area contributed by atoms with Gasteiger partial charge in [-0.2, -0.15) is 0 Å². The second kappa shape index (κ2) is 6.57. The van der Waals surface area contributed by atoms with Crippen molar-refractivity contribution in [3.05, 3.63) is 42.1 Å². The summed E-state index contributed by atoms with van der Waals surface area (Å²) in [6.45, 7) is 2.35. The molecule has 0 saturated heterocycles. The van der Waals surface area contributed by atoms with Crippen LogP contribution in [-0.4, -0.2) is 12.0 Å². The average molecular weight is 282 g/mol. The van der Waals surface area contributed by atoms with E-state index in [0.29, 0.717) is 6.04 Å². The highest BCUT2D eigenvalue weighted by Gasteiger charge is 2.31. The van der Waals surface area contributed by atoms with Crippen LogP contribution >= 0.6 is 0 Å². The van der Waals surface area contributed by atoms with Gasteiger partial charge in [-0.1, -0.05) is 50.8 Å². The van der Waals surface area contributed by atoms with Crippen LogP contribution in [0, 0.1) is 11.8 Å². The molecule has 1 aliphatic rings. The van der Waals surface area contributed by atoms with Gasteiger partial charge in [0.15, 0.2) is 0 Å². The maximum Gasteiger partial charge on any atom is 0.0705 e. The molecule has 1 fully saturated rings. The molecule has 3 atom stereocenters. The smallest absolute Gasteiger partial charge is 0.0705 e. The van der Waals surface area contributed by atoms with E-state index in [-0.39, 0.29) is 0 Å². The Hall–Kier alpha value is -1.41. The quantitative estimate of drug-likeness (QED) is 0.878. The number of fused-ring (bicyclic) bond motifs is 1. The Morgan fingerprint density at radius 3 is 2.86 bits per heavy atom. The van der Waals surface area contributed by atoms with Gasteiger partial charge in [-0.25, -0.2) is 0 Å². The van der Waals surface area contributed by atoms with Gasteiger partial charge in [0.2, 0.25) is 0 Å². The lowest BCUT2D eigenvalue weighted by Gasteiger charge is -2.37. The van der Waals surface area contributed by atoms with Gasteiger partial charge >= 0.3 is 0 Å². The summed E-state index contributed by atoms with van der Waals surface area (Å²) in [4.78, 5) is 4.52. The number of benzene rings is 1. The molecule has 0 spiro atoms. The molecule has 2 nitrogen and oxygen atoms in total. The van der Waals surface area contributed by atoms with Gasteiger partial charge in [0.25, 0.3) is 0 Å². The lowest BCUT2D eigenvalue weighted by atomic mass is 9.72. The fraction of sp³-hybridized carbons (Fsp3) is 0.526. The summed E-state index contributed by atoms with van der Waals surface area (Å²) in [6.07, 6.45) is 8.70. The van der Waals surface area contributed by atoms with E-state index >= 15 is 0 Å². The van der Waals surface area contributed by atoms with Gasteiger partial charge in [0, 0.05) is 17.6 Å². The molecular weight excluding hydrogens is 256 g/mol. The third-order valence-electron chi connectivity index (χ3n) is 5.25. The van der Waals surface area contributed by atoms with Crippen molar-refractivity contribution in [1.82, 2.24) is 10.3 Å². The van der Waals surface area contributed by atoms with Crippen LogP contribution in [0.25, 0.3) is 10.9 Å². The molecule has 3 rings (SSSR count). The fourth-order valence-corrected chi connectivity index (χ4v) is 4.18. The van der Waals surface area contributed by atoms with Gasteiger partial charge in [-0.05, 0) is 43.0 Å². The van der Waals surface area contributed by atoms with E-state index in [1.807, 2.05) is 6.20 Å². The minimum atomic E-state index is 0.447. The predicted octanol–water partition coefficient (Wildman–Crippen LogP) is 4.71. The first-order valence-electron chi connectivity index (χ1n) is 8.36. The number of hydrogen-bond acceptors (Lipinski definition) is 2. The lowest BCUT2D eigenvalue weighted by molar-refractivity contribution is 0.181. The molecule has 3 unspecified atom stereocenters. The molecule has 1 aliphatic carbocycles. The maximum atomic E-state index is 4.52. The van der Waals surface area contributed by atoms with E-state index in [1.165, 1.54) is 43.1 Å². The molecule has 1 saturated carbocycles. The first-order valence-corrected chi connectivity index (χ1v) is 8.36. The maximum absolute atomic E-state index is 4.52. The Labute approximate surface area is 128 Å². The normalized spacial score (nSPS) is 24.1. The average Bonchev–Trinajstić information content (AvgIpc) is 2.56. The fourth-order valence-electron chi connectivity index (χ4n) is 4.18. The Kier molecular flexibility index (Phi) is 4.54. The monoisotopic (exact) mass is 282 g/mol. The number of rotatable bonds is 4. The SMILES string of the molecule is CCC1CCCCC1C(NC)c1cccc2ncccc12. The molecule has 0 radical (unpaired) electrons. The second-order valence-electron chi connectivity index (χ2n) is 6.30. The Bertz CT molecular complexity index is 588. The highest BCUT2D eigenvalue weighted by molar-refractivity contribution is 5.82. The first kappa shape index (κ1) is 14.5. The van der Waals surface area contributed by atoms with Gasteiger partial charge in [-0.15, -0.1) is 0 Å². The highest BCUT2D eigenvalue weighted by atomic mass is 14.9. The first-order chi connectivity index (χ1) is 10.3. The van der Waals surface area contributed by atoms with Crippen LogP contribution in [0.5, 0.6) is 0 Å². The molecule has 1 aromatic heterocycles. The zero-order valence-corrected chi connectivity index (χ0v) is 13.2. The molecule has 1 N–H and O–H groups in total. The second-order valence-corrected chi connectivity index (χ2v) is 6.30. The van der Waals surface area contributed by atoms with Crippen LogP contribution in [0.3, 0.4) is 0 Å². The van der Waals surface area contributed by atoms with Gasteiger partial charge < -0.3 is 5.32 Å². The summed E-state index contributed by atoms with van der Waals surface area (Å²) in [5, 5.41) is 4.92. The molecule has 112 valence electrons. The van der Waals surface area contributed by atoms with Crippen LogP contribution < -0.4 is 5.32 Å². The van der Waals surface area contributed by atoms with Crippen LogP contribution in [0.15, 0.2) is 36.5 Å². The molecule has 2 aromatic rings. The van der Waals surface area contributed by atoms with Crippen LogP contribution in [0.2, 0.25) is 0 Å². The zero-order chi connectivity index (χ0) is 14.7. The zero-order valence-electron chi connectivity index (χ0n) is 13.2. The van der Waals surface area contributed by atoms with Crippen LogP contribution in [0.4, 0.5) is 0 Å². The van der Waals surface area contributed by atoms with E-state index in [1.54, 1.807) is 0 Å². The third-order valence-corrected chi connectivity index (χ3v) is 5.25. The number of aromatic nitrogens is 1. The number of nitrogens with zero attached hydrogens (tertiary/aromatic N) is 1. The molecular formula is C19H26N2. The third kappa shape index (κ3) is 2.82. The molecule has 1 heterocycles. The molecule has 21 heavy (non-hydrogen) atoms. The van der Waals surface area contributed by atoms with E-state index in [4.69, 9.17) is 0 Å². The van der Waals surface area contributed by atoms with Crippen molar-refractivity contribution in [3.8, 4) is 0 Å². The van der Waals surface area contributed by atoms with Crippen molar-refractivity contribution in [3.63, 3.8) is 0 Å². The summed E-state index contributed by atoms with van der Waals surface area (Å²) in [5.74, 6) is 1.60. The Balaban J connectivity index is 2.01. The van der Waals surface area contributed by atoms with Crippen molar-refractivity contribution in [2.75, 3.05) is 7.05 Å². The molecule has 0 amide bonds. The van der Waals surface area contributed by atoms with E-state index < -0.39 is 0 Å². The minimum Gasteiger partial charge on any atom is -0.313 e. The van der Waals surface area contributed by atoms with Crippen molar-refractivity contribution < 1.29 is 0 Å². The molecule has 2 heteroatoms. The number of pyridine rings is 1. The topological polar surface area (TPSA) is 24.9 Å². The Morgan fingerprint density at radius 1 is 1.19 bits per heavy atom. The van der Waals surface area contributed by atoms with Crippen molar-refractivity contribution in [2.24, 2.45) is 11.8 Å². The predicted molar refractivity (Wildman–Crippen MR) is 89.3 cm³/mol. The Morgan fingerprint density at radius 2 is 2.05 bits per heavy atom. The van der Waals surface area contributed by atoms with Gasteiger partial charge in [-0.3, -0.25) is 4.98 Å². The van der Waals surface area contributed by atoms with Crippen molar-refractivity contribution in [1.29, 1.82) is 0 Å². The summed E-state index contributed by atoms with van der Waals surface area (Å²) in [6, 6.07) is 11.3. The molecule has 1 aromatic carbocycles. The van der Waals surface area contributed by atoms with E-state index in [0.717, 1.165) is 17.4 Å². The van der Waals surface area contributed by atoms with Crippen molar-refractivity contribution >= 4 is 10.9 Å². The minimum absolute atomic E-state index is 0.447. The summed E-state index contributed by atoms with van der Waals surface area (Å²) >= 11 is 0.